The lowest BCUT2D eigenvalue weighted by atomic mass is 9.81. The Morgan fingerprint density at radius 2 is 2.16 bits per heavy atom. The number of hydrogen-bond acceptors (Lipinski definition) is 3. The fourth-order valence-electron chi connectivity index (χ4n) is 2.59. The number of nitrogens with one attached hydrogen (secondary N) is 1. The Kier molecular flexibility index (Phi) is 4.24. The molecular formula is C14H19NO4. The first-order valence-corrected chi connectivity index (χ1v) is 6.64. The molecule has 0 unspecified atom stereocenters. The molecule has 0 spiro atoms. The third-order valence-corrected chi connectivity index (χ3v) is 3.72. The van der Waals surface area contributed by atoms with Crippen molar-refractivity contribution in [2.75, 3.05) is 0 Å². The molecule has 0 aliphatic heterocycles. The Labute approximate surface area is 112 Å². The number of hydrogen-bond donors (Lipinski definition) is 2. The monoisotopic (exact) mass is 265 g/mol. The van der Waals surface area contributed by atoms with Crippen LogP contribution in [0.1, 0.15) is 44.4 Å². The molecule has 5 nitrogen and oxygen atoms in total. The fourth-order valence-corrected chi connectivity index (χ4v) is 2.59. The molecule has 0 saturated heterocycles. The predicted octanol–water partition coefficient (Wildman–Crippen LogP) is 2.35. The predicted molar refractivity (Wildman–Crippen MR) is 68.3 cm³/mol. The van der Waals surface area contributed by atoms with E-state index in [0.29, 0.717) is 18.6 Å². The van der Waals surface area contributed by atoms with Gasteiger partial charge in [0.2, 0.25) is 5.91 Å². The van der Waals surface area contributed by atoms with Crippen LogP contribution >= 0.6 is 0 Å². The molecule has 1 aromatic rings. The molecule has 1 saturated carbocycles. The lowest BCUT2D eigenvalue weighted by molar-refractivity contribution is -0.144. The Morgan fingerprint density at radius 1 is 1.42 bits per heavy atom. The number of carboxylic acids is 1. The third kappa shape index (κ3) is 3.36. The minimum absolute atomic E-state index is 0.0742. The van der Waals surface area contributed by atoms with Gasteiger partial charge in [-0.2, -0.15) is 0 Å². The first-order chi connectivity index (χ1) is 9.08. The summed E-state index contributed by atoms with van der Waals surface area (Å²) in [4.78, 5) is 23.1. The summed E-state index contributed by atoms with van der Waals surface area (Å²) >= 11 is 0. The highest BCUT2D eigenvalue weighted by Crippen LogP contribution is 2.29. The Hall–Kier alpha value is -1.78. The van der Waals surface area contributed by atoms with E-state index in [0.717, 1.165) is 12.8 Å². The molecule has 0 bridgehead atoms. The van der Waals surface area contributed by atoms with E-state index in [1.807, 2.05) is 13.0 Å². The first-order valence-electron chi connectivity index (χ1n) is 6.64. The lowest BCUT2D eigenvalue weighted by Gasteiger charge is -2.26. The van der Waals surface area contributed by atoms with Crippen LogP contribution in [-0.2, 0) is 9.59 Å². The Morgan fingerprint density at radius 3 is 2.79 bits per heavy atom. The number of carbonyl (C=O) groups excluding carboxylic acids is 1. The molecule has 1 fully saturated rings. The molecule has 2 N–H and O–H groups in total. The number of carboxylic acid groups (broad SMARTS) is 1. The van der Waals surface area contributed by atoms with E-state index in [9.17, 15) is 9.59 Å². The topological polar surface area (TPSA) is 79.5 Å². The molecule has 1 amide bonds. The van der Waals surface area contributed by atoms with Crippen molar-refractivity contribution in [2.45, 2.75) is 38.6 Å². The second-order valence-electron chi connectivity index (χ2n) is 5.14. The molecule has 0 aromatic carbocycles. The average molecular weight is 265 g/mol. The maximum atomic E-state index is 12.1. The summed E-state index contributed by atoms with van der Waals surface area (Å²) in [6.45, 7) is 1.86. The fraction of sp³-hybridized carbons (Fsp3) is 0.571. The van der Waals surface area contributed by atoms with Gasteiger partial charge in [-0.05, 0) is 38.3 Å². The largest absolute Gasteiger partial charge is 0.481 e. The quantitative estimate of drug-likeness (QED) is 0.875. The molecular weight excluding hydrogens is 246 g/mol. The number of amides is 1. The summed E-state index contributed by atoms with van der Waals surface area (Å²) in [7, 11) is 0. The average Bonchev–Trinajstić information content (AvgIpc) is 2.92. The highest BCUT2D eigenvalue weighted by atomic mass is 16.4. The van der Waals surface area contributed by atoms with E-state index in [-0.39, 0.29) is 23.8 Å². The zero-order valence-corrected chi connectivity index (χ0v) is 11.0. The van der Waals surface area contributed by atoms with Gasteiger partial charge < -0.3 is 14.8 Å². The summed E-state index contributed by atoms with van der Waals surface area (Å²) < 4.78 is 5.23. The van der Waals surface area contributed by atoms with Crippen LogP contribution in [0.4, 0.5) is 0 Å². The van der Waals surface area contributed by atoms with E-state index < -0.39 is 5.97 Å². The van der Waals surface area contributed by atoms with Crippen molar-refractivity contribution in [1.82, 2.24) is 5.32 Å². The lowest BCUT2D eigenvalue weighted by Crippen LogP contribution is -2.36. The van der Waals surface area contributed by atoms with Crippen molar-refractivity contribution < 1.29 is 19.1 Å². The van der Waals surface area contributed by atoms with Crippen molar-refractivity contribution in [3.63, 3.8) is 0 Å². The second kappa shape index (κ2) is 5.91. The Balaban J connectivity index is 1.91. The van der Waals surface area contributed by atoms with Gasteiger partial charge in [-0.15, -0.1) is 0 Å². The van der Waals surface area contributed by atoms with Gasteiger partial charge in [-0.3, -0.25) is 9.59 Å². The molecule has 1 aliphatic rings. The molecule has 19 heavy (non-hydrogen) atoms. The van der Waals surface area contributed by atoms with Gasteiger partial charge in [0.25, 0.3) is 0 Å². The van der Waals surface area contributed by atoms with Crippen LogP contribution in [-0.4, -0.2) is 17.0 Å². The molecule has 5 heteroatoms. The summed E-state index contributed by atoms with van der Waals surface area (Å²) in [6, 6.07) is 3.40. The molecule has 104 valence electrons. The van der Waals surface area contributed by atoms with E-state index in [2.05, 4.69) is 5.32 Å². The zero-order chi connectivity index (χ0) is 13.8. The number of furan rings is 1. The molecule has 1 aromatic heterocycles. The van der Waals surface area contributed by atoms with Gasteiger partial charge in [-0.25, -0.2) is 0 Å². The molecule has 0 radical (unpaired) electrons. The van der Waals surface area contributed by atoms with Crippen LogP contribution in [0.5, 0.6) is 0 Å². The van der Waals surface area contributed by atoms with E-state index >= 15 is 0 Å². The maximum absolute atomic E-state index is 12.1. The van der Waals surface area contributed by atoms with Crippen molar-refractivity contribution in [3.8, 4) is 0 Å². The summed E-state index contributed by atoms with van der Waals surface area (Å²) in [6.07, 6.45) is 4.24. The van der Waals surface area contributed by atoms with E-state index in [1.54, 1.807) is 12.3 Å². The summed E-state index contributed by atoms with van der Waals surface area (Å²) in [5, 5.41) is 11.9. The summed E-state index contributed by atoms with van der Waals surface area (Å²) in [5.74, 6) is -0.749. The normalized spacial score (nSPS) is 24.7. The van der Waals surface area contributed by atoms with Gasteiger partial charge in [0.15, 0.2) is 0 Å². The Bertz CT molecular complexity index is 440. The van der Waals surface area contributed by atoms with Gasteiger partial charge in [0, 0.05) is 5.92 Å². The van der Waals surface area contributed by atoms with Gasteiger partial charge in [-0.1, -0.05) is 6.42 Å². The van der Waals surface area contributed by atoms with Gasteiger partial charge in [0.05, 0.1) is 18.2 Å². The maximum Gasteiger partial charge on any atom is 0.306 e. The minimum atomic E-state index is -0.795. The first kappa shape index (κ1) is 13.6. The SMILES string of the molecule is C[C@H](NC(=O)[C@H]1CCC[C@@H](C(=O)O)C1)c1ccco1. The van der Waals surface area contributed by atoms with Crippen LogP contribution in [0.15, 0.2) is 22.8 Å². The minimum Gasteiger partial charge on any atom is -0.481 e. The van der Waals surface area contributed by atoms with Crippen LogP contribution in [0.3, 0.4) is 0 Å². The molecule has 1 aliphatic carbocycles. The molecule has 1 heterocycles. The zero-order valence-electron chi connectivity index (χ0n) is 11.0. The number of rotatable bonds is 4. The summed E-state index contributed by atoms with van der Waals surface area (Å²) in [5.41, 5.74) is 0. The van der Waals surface area contributed by atoms with E-state index in [1.165, 1.54) is 0 Å². The molecule has 3 atom stereocenters. The van der Waals surface area contributed by atoms with Crippen molar-refractivity contribution >= 4 is 11.9 Å². The number of carbonyl (C=O) groups is 2. The van der Waals surface area contributed by atoms with Gasteiger partial charge >= 0.3 is 5.97 Å². The van der Waals surface area contributed by atoms with E-state index in [4.69, 9.17) is 9.52 Å². The van der Waals surface area contributed by atoms with Gasteiger partial charge in [0.1, 0.15) is 5.76 Å². The standard InChI is InChI=1S/C14H19NO4/c1-9(12-6-3-7-19-12)15-13(16)10-4-2-5-11(8-10)14(17)18/h3,6-7,9-11H,2,4-5,8H2,1H3,(H,15,16)(H,17,18)/t9-,10-,11+/m0/s1. The van der Waals surface area contributed by atoms with Crippen LogP contribution in [0.2, 0.25) is 0 Å². The highest BCUT2D eigenvalue weighted by molar-refractivity contribution is 5.80. The van der Waals surface area contributed by atoms with Crippen molar-refractivity contribution in [3.05, 3.63) is 24.2 Å². The number of aliphatic carboxylic acids is 1. The van der Waals surface area contributed by atoms with Crippen LogP contribution in [0, 0.1) is 11.8 Å². The van der Waals surface area contributed by atoms with Crippen LogP contribution < -0.4 is 5.32 Å². The molecule has 2 rings (SSSR count). The van der Waals surface area contributed by atoms with Crippen LogP contribution in [0.25, 0.3) is 0 Å². The second-order valence-corrected chi connectivity index (χ2v) is 5.14. The van der Waals surface area contributed by atoms with Crippen molar-refractivity contribution in [1.29, 1.82) is 0 Å². The smallest absolute Gasteiger partial charge is 0.306 e. The third-order valence-electron chi connectivity index (χ3n) is 3.72. The van der Waals surface area contributed by atoms with Crippen molar-refractivity contribution in [2.24, 2.45) is 11.8 Å². The highest BCUT2D eigenvalue weighted by Gasteiger charge is 2.31.